The third-order valence-corrected chi connectivity index (χ3v) is 7.19. The van der Waals surface area contributed by atoms with Crippen molar-refractivity contribution in [1.29, 1.82) is 0 Å². The molecule has 0 saturated heterocycles. The first-order valence-corrected chi connectivity index (χ1v) is 13.9. The molecule has 1 aliphatic carbocycles. The number of carbonyl (C=O) groups is 2. The molecule has 4 N–H and O–H groups in total. The van der Waals surface area contributed by atoms with Crippen molar-refractivity contribution in [3.8, 4) is 0 Å². The van der Waals surface area contributed by atoms with Crippen LogP contribution in [0.5, 0.6) is 0 Å². The highest BCUT2D eigenvalue weighted by Gasteiger charge is 2.35. The second-order valence-electron chi connectivity index (χ2n) is 11.6. The summed E-state index contributed by atoms with van der Waals surface area (Å²) < 4.78 is 5.47. The summed E-state index contributed by atoms with van der Waals surface area (Å²) in [5, 5.41) is 28.1. The standard InChI is InChI=1S/C33H40N2O5/c1-33(2,3)40-32(39)34-27(19-23-14-8-5-9-15-23)28(36)21-25(18-22-12-6-4-7-13-22)31(38)35-30-26-17-11-10-16-24(26)20-29(30)37/h4-17,25,27-30,36-37H,18-21H2,1-3H3,(H,34,39)(H,35,38)/t25-,27+,28+,29-,30-/m1/s1. The first-order chi connectivity index (χ1) is 19.1. The Labute approximate surface area is 236 Å². The molecule has 1 aliphatic rings. The molecular weight excluding hydrogens is 504 g/mol. The third kappa shape index (κ3) is 8.16. The van der Waals surface area contributed by atoms with Crippen molar-refractivity contribution in [2.24, 2.45) is 5.92 Å². The lowest BCUT2D eigenvalue weighted by molar-refractivity contribution is -0.127. The van der Waals surface area contributed by atoms with Crippen LogP contribution in [-0.4, -0.2) is 46.1 Å². The number of alkyl carbamates (subject to hydrolysis) is 1. The molecule has 0 radical (unpaired) electrons. The molecular formula is C33H40N2O5. The Hall–Kier alpha value is -3.68. The largest absolute Gasteiger partial charge is 0.444 e. The number of hydrogen-bond acceptors (Lipinski definition) is 5. The highest BCUT2D eigenvalue weighted by molar-refractivity contribution is 5.80. The summed E-state index contributed by atoms with van der Waals surface area (Å²) in [4.78, 5) is 26.4. The van der Waals surface area contributed by atoms with Crippen LogP contribution in [0, 0.1) is 5.92 Å². The Morgan fingerprint density at radius 2 is 1.48 bits per heavy atom. The molecule has 0 unspecified atom stereocenters. The molecule has 0 spiro atoms. The van der Waals surface area contributed by atoms with Gasteiger partial charge in [0.15, 0.2) is 0 Å². The molecule has 7 nitrogen and oxygen atoms in total. The zero-order valence-corrected chi connectivity index (χ0v) is 23.4. The van der Waals surface area contributed by atoms with Gasteiger partial charge in [0.1, 0.15) is 5.60 Å². The second kappa shape index (κ2) is 13.1. The SMILES string of the molecule is CC(C)(C)OC(=O)N[C@@H](Cc1ccccc1)[C@@H](O)C[C@@H](Cc1ccccc1)C(=O)N[C@@H]1c2ccccc2C[C@H]1O. The van der Waals surface area contributed by atoms with Gasteiger partial charge in [0.25, 0.3) is 0 Å². The van der Waals surface area contributed by atoms with Crippen LogP contribution in [0.25, 0.3) is 0 Å². The van der Waals surface area contributed by atoms with Crippen molar-refractivity contribution in [2.75, 3.05) is 0 Å². The molecule has 40 heavy (non-hydrogen) atoms. The smallest absolute Gasteiger partial charge is 0.407 e. The third-order valence-electron chi connectivity index (χ3n) is 7.19. The van der Waals surface area contributed by atoms with E-state index in [-0.39, 0.29) is 12.3 Å². The van der Waals surface area contributed by atoms with Crippen molar-refractivity contribution in [3.05, 3.63) is 107 Å². The van der Waals surface area contributed by atoms with Gasteiger partial charge in [-0.15, -0.1) is 0 Å². The molecule has 0 aromatic heterocycles. The van der Waals surface area contributed by atoms with E-state index in [1.807, 2.05) is 84.9 Å². The zero-order chi connectivity index (χ0) is 28.7. The summed E-state index contributed by atoms with van der Waals surface area (Å²) >= 11 is 0. The Kier molecular flexibility index (Phi) is 9.61. The van der Waals surface area contributed by atoms with E-state index in [1.54, 1.807) is 20.8 Å². The summed E-state index contributed by atoms with van der Waals surface area (Å²) in [6, 6.07) is 25.8. The van der Waals surface area contributed by atoms with Crippen molar-refractivity contribution in [2.45, 2.75) is 76.3 Å². The summed E-state index contributed by atoms with van der Waals surface area (Å²) in [5.41, 5.74) is 3.14. The maximum absolute atomic E-state index is 13.7. The van der Waals surface area contributed by atoms with Gasteiger partial charge < -0.3 is 25.6 Å². The summed E-state index contributed by atoms with van der Waals surface area (Å²) in [6.07, 6.45) is -1.02. The number of rotatable bonds is 10. The number of aliphatic hydroxyl groups excluding tert-OH is 2. The van der Waals surface area contributed by atoms with Crippen LogP contribution < -0.4 is 10.6 Å². The van der Waals surface area contributed by atoms with E-state index in [4.69, 9.17) is 4.74 Å². The summed E-state index contributed by atoms with van der Waals surface area (Å²) in [7, 11) is 0. The van der Waals surface area contributed by atoms with Gasteiger partial charge >= 0.3 is 6.09 Å². The van der Waals surface area contributed by atoms with Crippen LogP contribution in [0.2, 0.25) is 0 Å². The van der Waals surface area contributed by atoms with E-state index in [2.05, 4.69) is 10.6 Å². The fraction of sp³-hybridized carbons (Fsp3) is 0.394. The van der Waals surface area contributed by atoms with E-state index < -0.39 is 41.9 Å². The Morgan fingerprint density at radius 3 is 2.10 bits per heavy atom. The van der Waals surface area contributed by atoms with Crippen molar-refractivity contribution in [3.63, 3.8) is 0 Å². The number of benzene rings is 3. The van der Waals surface area contributed by atoms with Gasteiger partial charge in [0, 0.05) is 12.3 Å². The van der Waals surface area contributed by atoms with Gasteiger partial charge in [-0.1, -0.05) is 84.9 Å². The van der Waals surface area contributed by atoms with Gasteiger partial charge in [-0.2, -0.15) is 0 Å². The molecule has 0 aliphatic heterocycles. The van der Waals surface area contributed by atoms with Crippen LogP contribution in [0.15, 0.2) is 84.9 Å². The Bertz CT molecular complexity index is 1260. The van der Waals surface area contributed by atoms with Crippen LogP contribution in [0.1, 0.15) is 55.5 Å². The maximum Gasteiger partial charge on any atom is 0.407 e. The average Bonchev–Trinajstić information content (AvgIpc) is 3.22. The number of amides is 2. The van der Waals surface area contributed by atoms with E-state index in [9.17, 15) is 19.8 Å². The molecule has 5 atom stereocenters. The van der Waals surface area contributed by atoms with Crippen LogP contribution in [-0.2, 0) is 28.8 Å². The number of fused-ring (bicyclic) bond motifs is 1. The number of nitrogens with one attached hydrogen (secondary N) is 2. The number of ether oxygens (including phenoxy) is 1. The minimum absolute atomic E-state index is 0.110. The minimum Gasteiger partial charge on any atom is -0.444 e. The molecule has 3 aromatic carbocycles. The highest BCUT2D eigenvalue weighted by atomic mass is 16.6. The second-order valence-corrected chi connectivity index (χ2v) is 11.6. The quantitative estimate of drug-likeness (QED) is 0.301. The number of hydrogen-bond donors (Lipinski definition) is 4. The molecule has 0 saturated carbocycles. The molecule has 0 bridgehead atoms. The van der Waals surface area contributed by atoms with Crippen LogP contribution >= 0.6 is 0 Å². The van der Waals surface area contributed by atoms with Crippen LogP contribution in [0.3, 0.4) is 0 Å². The predicted octanol–water partition coefficient (Wildman–Crippen LogP) is 4.51. The molecule has 0 heterocycles. The predicted molar refractivity (Wildman–Crippen MR) is 155 cm³/mol. The Morgan fingerprint density at radius 1 is 0.900 bits per heavy atom. The van der Waals surface area contributed by atoms with Gasteiger partial charge in [0.2, 0.25) is 5.91 Å². The maximum atomic E-state index is 13.7. The first-order valence-electron chi connectivity index (χ1n) is 13.9. The molecule has 7 heteroatoms. The van der Waals surface area contributed by atoms with E-state index in [1.165, 1.54) is 0 Å². The highest BCUT2D eigenvalue weighted by Crippen LogP contribution is 2.32. The van der Waals surface area contributed by atoms with E-state index in [0.29, 0.717) is 19.3 Å². The molecule has 2 amide bonds. The first kappa shape index (κ1) is 29.3. The lowest BCUT2D eigenvalue weighted by Gasteiger charge is -2.29. The average molecular weight is 545 g/mol. The fourth-order valence-electron chi connectivity index (χ4n) is 5.27. The lowest BCUT2D eigenvalue weighted by Crippen LogP contribution is -2.48. The topological polar surface area (TPSA) is 108 Å². The van der Waals surface area contributed by atoms with Crippen molar-refractivity contribution < 1.29 is 24.5 Å². The van der Waals surface area contributed by atoms with E-state index in [0.717, 1.165) is 22.3 Å². The lowest BCUT2D eigenvalue weighted by atomic mass is 9.88. The van der Waals surface area contributed by atoms with Gasteiger partial charge in [0.05, 0.1) is 24.3 Å². The summed E-state index contributed by atoms with van der Waals surface area (Å²) in [5.74, 6) is -0.851. The molecule has 4 rings (SSSR count). The normalized spacial score (nSPS) is 18.7. The fourth-order valence-corrected chi connectivity index (χ4v) is 5.27. The van der Waals surface area contributed by atoms with Gasteiger partial charge in [-0.3, -0.25) is 4.79 Å². The number of aliphatic hydroxyl groups is 2. The Balaban J connectivity index is 1.54. The summed E-state index contributed by atoms with van der Waals surface area (Å²) in [6.45, 7) is 5.35. The van der Waals surface area contributed by atoms with E-state index >= 15 is 0 Å². The number of carbonyl (C=O) groups excluding carboxylic acids is 2. The van der Waals surface area contributed by atoms with Crippen molar-refractivity contribution >= 4 is 12.0 Å². The zero-order valence-electron chi connectivity index (χ0n) is 23.4. The molecule has 0 fully saturated rings. The van der Waals surface area contributed by atoms with Crippen LogP contribution in [0.4, 0.5) is 4.79 Å². The van der Waals surface area contributed by atoms with Gasteiger partial charge in [-0.25, -0.2) is 4.79 Å². The van der Waals surface area contributed by atoms with Gasteiger partial charge in [-0.05, 0) is 62.3 Å². The van der Waals surface area contributed by atoms with Crippen molar-refractivity contribution in [1.82, 2.24) is 10.6 Å². The molecule has 212 valence electrons. The minimum atomic E-state index is -1.03. The molecule has 3 aromatic rings. The monoisotopic (exact) mass is 544 g/mol.